The molecule has 0 aliphatic carbocycles. The molecule has 0 aliphatic rings. The van der Waals surface area contributed by atoms with Crippen LogP contribution in [0.5, 0.6) is 0 Å². The van der Waals surface area contributed by atoms with Crippen molar-refractivity contribution in [3.05, 3.63) is 0 Å². The van der Waals surface area contributed by atoms with Gasteiger partial charge in [-0.25, -0.2) is 0 Å². The Bertz CT molecular complexity index is 262. The molecule has 11 heavy (non-hydrogen) atoms. The molecular weight excluding hydrogens is 152 g/mol. The van der Waals surface area contributed by atoms with Gasteiger partial charge in [0.15, 0.2) is 0 Å². The molecule has 0 N–H and O–H groups in total. The van der Waals surface area contributed by atoms with Crippen molar-refractivity contribution in [1.29, 1.82) is 0 Å². The second-order valence-corrected chi connectivity index (χ2v) is 8.06. The van der Waals surface area contributed by atoms with Crippen LogP contribution < -0.4 is 0 Å². The van der Waals surface area contributed by atoms with E-state index in [0.29, 0.717) is 0 Å². The highest BCUT2D eigenvalue weighted by Crippen LogP contribution is 1.95. The maximum atomic E-state index is 10.3. The molecule has 0 radical (unpaired) electrons. The van der Waals surface area contributed by atoms with Crippen molar-refractivity contribution < 1.29 is 4.79 Å². The van der Waals surface area contributed by atoms with E-state index in [4.69, 9.17) is 0 Å². The predicted octanol–water partition coefficient (Wildman–Crippen LogP) is 1.46. The Labute approximate surface area is 69.2 Å². The lowest BCUT2D eigenvalue weighted by molar-refractivity contribution is -0.111. The molecule has 58 valence electrons. The zero-order valence-electron chi connectivity index (χ0n) is 7.41. The zero-order valence-corrected chi connectivity index (χ0v) is 8.41. The monoisotopic (exact) mass is 164 g/mol. The van der Waals surface area contributed by atoms with Gasteiger partial charge in [0.25, 0.3) is 0 Å². The number of hydrogen-bond donors (Lipinski definition) is 0. The first-order chi connectivity index (χ1) is 4.92. The van der Waals surface area contributed by atoms with E-state index in [2.05, 4.69) is 42.9 Å². The van der Waals surface area contributed by atoms with E-state index in [1.807, 2.05) is 0 Å². The number of carbonyl (C=O) groups excluding carboxylic acids is 1. The zero-order chi connectivity index (χ0) is 8.91. The second kappa shape index (κ2) is 4.01. The molecular formula is C9H12OSi. The molecule has 0 spiro atoms. The molecule has 0 aromatic carbocycles. The molecule has 2 heteroatoms. The second-order valence-electron chi connectivity index (χ2n) is 3.31. The van der Waals surface area contributed by atoms with Crippen LogP contribution in [0.1, 0.15) is 6.92 Å². The van der Waals surface area contributed by atoms with Gasteiger partial charge in [-0.1, -0.05) is 19.6 Å². The minimum atomic E-state index is -1.30. The van der Waals surface area contributed by atoms with E-state index in [9.17, 15) is 4.79 Å². The smallest absolute Gasteiger partial charge is 0.203 e. The Morgan fingerprint density at radius 3 is 2.09 bits per heavy atom. The van der Waals surface area contributed by atoms with Crippen LogP contribution in [-0.4, -0.2) is 13.9 Å². The van der Waals surface area contributed by atoms with E-state index >= 15 is 0 Å². The van der Waals surface area contributed by atoms with Crippen molar-refractivity contribution in [2.24, 2.45) is 0 Å². The van der Waals surface area contributed by atoms with Gasteiger partial charge in [-0.2, -0.15) is 0 Å². The van der Waals surface area contributed by atoms with Gasteiger partial charge in [0.1, 0.15) is 8.07 Å². The average molecular weight is 164 g/mol. The summed E-state index contributed by atoms with van der Waals surface area (Å²) >= 11 is 0. The third-order valence-electron chi connectivity index (χ3n) is 0.739. The summed E-state index contributed by atoms with van der Waals surface area (Å²) < 4.78 is 0. The number of rotatable bonds is 0. The van der Waals surface area contributed by atoms with Crippen molar-refractivity contribution >= 4 is 13.9 Å². The Hall–Kier alpha value is -0.993. The summed E-state index contributed by atoms with van der Waals surface area (Å²) in [5.41, 5.74) is 3.04. The van der Waals surface area contributed by atoms with Gasteiger partial charge < -0.3 is 0 Å². The first-order valence-corrected chi connectivity index (χ1v) is 6.95. The van der Waals surface area contributed by atoms with Gasteiger partial charge in [0.2, 0.25) is 5.78 Å². The third kappa shape index (κ3) is 9.01. The molecule has 0 aromatic rings. The van der Waals surface area contributed by atoms with Crippen LogP contribution in [0.4, 0.5) is 0 Å². The topological polar surface area (TPSA) is 17.1 Å². The number of carbonyl (C=O) groups is 1. The summed E-state index contributed by atoms with van der Waals surface area (Å²) in [5.74, 6) is 7.45. The Kier molecular flexibility index (Phi) is 3.64. The van der Waals surface area contributed by atoms with Crippen LogP contribution in [0.25, 0.3) is 0 Å². The Morgan fingerprint density at radius 2 is 1.73 bits per heavy atom. The SMILES string of the molecule is CC(=O)C#CC#C[Si](C)(C)C. The molecule has 0 saturated heterocycles. The molecule has 0 bridgehead atoms. The lowest BCUT2D eigenvalue weighted by atomic mass is 10.4. The summed E-state index contributed by atoms with van der Waals surface area (Å²) in [7, 11) is -1.30. The summed E-state index contributed by atoms with van der Waals surface area (Å²) in [6.45, 7) is 7.84. The van der Waals surface area contributed by atoms with Gasteiger partial charge >= 0.3 is 0 Å². The van der Waals surface area contributed by atoms with Crippen LogP contribution in [-0.2, 0) is 4.79 Å². The molecule has 0 aromatic heterocycles. The standard InChI is InChI=1S/C9H12OSi/c1-9(10)7-5-6-8-11(2,3)4/h1-4H3. The highest BCUT2D eigenvalue weighted by atomic mass is 28.3. The van der Waals surface area contributed by atoms with Crippen molar-refractivity contribution in [3.63, 3.8) is 0 Å². The molecule has 0 unspecified atom stereocenters. The fourth-order valence-corrected chi connectivity index (χ4v) is 0.776. The number of Topliss-reactive ketones (excluding diaryl/α,β-unsaturated/α-hetero) is 1. The molecule has 0 amide bonds. The first kappa shape index (κ1) is 10.0. The quantitative estimate of drug-likeness (QED) is 0.301. The number of ketones is 1. The lowest BCUT2D eigenvalue weighted by Crippen LogP contribution is -2.16. The van der Waals surface area contributed by atoms with E-state index in [1.165, 1.54) is 6.92 Å². The van der Waals surface area contributed by atoms with Crippen LogP contribution in [0.2, 0.25) is 19.6 Å². The van der Waals surface area contributed by atoms with Crippen LogP contribution in [0.15, 0.2) is 0 Å². The molecule has 0 aliphatic heterocycles. The van der Waals surface area contributed by atoms with E-state index in [1.54, 1.807) is 0 Å². The molecule has 0 fully saturated rings. The summed E-state index contributed by atoms with van der Waals surface area (Å²) in [4.78, 5) is 10.3. The van der Waals surface area contributed by atoms with E-state index < -0.39 is 8.07 Å². The van der Waals surface area contributed by atoms with Gasteiger partial charge in [-0.05, 0) is 17.8 Å². The molecule has 0 saturated carbocycles. The summed E-state index contributed by atoms with van der Waals surface area (Å²) in [6.07, 6.45) is 0. The van der Waals surface area contributed by atoms with E-state index in [0.717, 1.165) is 0 Å². The maximum Gasteiger partial charge on any atom is 0.203 e. The summed E-state index contributed by atoms with van der Waals surface area (Å²) in [5, 5.41) is 0. The molecule has 0 atom stereocenters. The van der Waals surface area contributed by atoms with Gasteiger partial charge in [-0.15, -0.1) is 5.54 Å². The fraction of sp³-hybridized carbons (Fsp3) is 0.444. The first-order valence-electron chi connectivity index (χ1n) is 3.45. The van der Waals surface area contributed by atoms with Gasteiger partial charge in [-0.3, -0.25) is 4.79 Å². The van der Waals surface area contributed by atoms with Crippen molar-refractivity contribution in [3.8, 4) is 23.3 Å². The Balaban J connectivity index is 4.16. The van der Waals surface area contributed by atoms with Crippen LogP contribution >= 0.6 is 0 Å². The predicted molar refractivity (Wildman–Crippen MR) is 49.6 cm³/mol. The van der Waals surface area contributed by atoms with Gasteiger partial charge in [0, 0.05) is 6.92 Å². The highest BCUT2D eigenvalue weighted by molar-refractivity contribution is 6.83. The Morgan fingerprint density at radius 1 is 1.18 bits per heavy atom. The maximum absolute atomic E-state index is 10.3. The lowest BCUT2D eigenvalue weighted by Gasteiger charge is -2.01. The largest absolute Gasteiger partial charge is 0.285 e. The van der Waals surface area contributed by atoms with Crippen molar-refractivity contribution in [1.82, 2.24) is 0 Å². The van der Waals surface area contributed by atoms with Crippen molar-refractivity contribution in [2.45, 2.75) is 26.6 Å². The minimum absolute atomic E-state index is 0.130. The number of hydrogen-bond acceptors (Lipinski definition) is 1. The third-order valence-corrected chi connectivity index (χ3v) is 1.61. The normalized spacial score (nSPS) is 8.73. The van der Waals surface area contributed by atoms with Crippen LogP contribution in [0, 0.1) is 23.3 Å². The fourth-order valence-electron chi connectivity index (χ4n) is 0.338. The molecule has 0 heterocycles. The molecule has 1 nitrogen and oxygen atoms in total. The van der Waals surface area contributed by atoms with Crippen LogP contribution in [0.3, 0.4) is 0 Å². The average Bonchev–Trinajstić information content (AvgIpc) is 1.78. The van der Waals surface area contributed by atoms with E-state index in [-0.39, 0.29) is 5.78 Å². The van der Waals surface area contributed by atoms with Gasteiger partial charge in [0.05, 0.1) is 0 Å². The minimum Gasteiger partial charge on any atom is -0.285 e. The highest BCUT2D eigenvalue weighted by Gasteiger charge is 2.06. The van der Waals surface area contributed by atoms with Crippen molar-refractivity contribution in [2.75, 3.05) is 0 Å². The summed E-state index contributed by atoms with van der Waals surface area (Å²) in [6, 6.07) is 0. The molecule has 0 rings (SSSR count).